The number of hydrogen-bond acceptors (Lipinski definition) is 4. The molecule has 3 atom stereocenters. The Morgan fingerprint density at radius 3 is 2.91 bits per heavy atom. The molecule has 2 aliphatic carbocycles. The maximum absolute atomic E-state index is 12.3. The Morgan fingerprint density at radius 2 is 2.26 bits per heavy atom. The van der Waals surface area contributed by atoms with E-state index in [9.17, 15) is 14.9 Å². The van der Waals surface area contributed by atoms with Gasteiger partial charge in [0.15, 0.2) is 0 Å². The summed E-state index contributed by atoms with van der Waals surface area (Å²) in [6.45, 7) is 3.88. The third kappa shape index (κ3) is 2.85. The molecule has 6 nitrogen and oxygen atoms in total. The first-order valence-corrected chi connectivity index (χ1v) is 8.01. The Labute approximate surface area is 135 Å². The lowest BCUT2D eigenvalue weighted by molar-refractivity contribution is -0.385. The first kappa shape index (κ1) is 15.6. The van der Waals surface area contributed by atoms with E-state index in [1.165, 1.54) is 25.1 Å². The zero-order valence-electron chi connectivity index (χ0n) is 13.4. The van der Waals surface area contributed by atoms with Gasteiger partial charge in [-0.05, 0) is 31.1 Å². The molecule has 1 N–H and O–H groups in total. The van der Waals surface area contributed by atoms with Crippen molar-refractivity contribution in [2.75, 3.05) is 0 Å². The van der Waals surface area contributed by atoms with E-state index in [0.29, 0.717) is 17.0 Å². The smallest absolute Gasteiger partial charge is 0.272 e. The fourth-order valence-corrected chi connectivity index (χ4v) is 3.99. The van der Waals surface area contributed by atoms with Gasteiger partial charge in [0.25, 0.3) is 5.69 Å². The van der Waals surface area contributed by atoms with Crippen LogP contribution in [0.4, 0.5) is 5.69 Å². The number of rotatable bonds is 4. The van der Waals surface area contributed by atoms with Crippen LogP contribution in [0, 0.1) is 34.3 Å². The minimum atomic E-state index is -0.416. The first-order valence-electron chi connectivity index (χ1n) is 8.01. The fourth-order valence-electron chi connectivity index (χ4n) is 3.99. The molecule has 2 fully saturated rings. The van der Waals surface area contributed by atoms with Crippen LogP contribution in [0.2, 0.25) is 0 Å². The van der Waals surface area contributed by atoms with Crippen molar-refractivity contribution in [1.82, 2.24) is 5.43 Å². The minimum Gasteiger partial charge on any atom is -0.273 e. The number of fused-ring (bicyclic) bond motifs is 1. The lowest BCUT2D eigenvalue weighted by atomic mass is 9.90. The molecule has 6 heteroatoms. The monoisotopic (exact) mass is 315 g/mol. The number of nitrogens with zero attached hydrogens (tertiary/aromatic N) is 2. The number of nitro benzene ring substituents is 1. The summed E-state index contributed by atoms with van der Waals surface area (Å²) in [6, 6.07) is 4.89. The molecule has 0 spiro atoms. The number of carbonyl (C=O) groups is 1. The van der Waals surface area contributed by atoms with E-state index in [0.717, 1.165) is 12.8 Å². The van der Waals surface area contributed by atoms with Crippen molar-refractivity contribution in [2.45, 2.75) is 39.5 Å². The summed E-state index contributed by atoms with van der Waals surface area (Å²) < 4.78 is 0. The highest BCUT2D eigenvalue weighted by Crippen LogP contribution is 2.66. The molecular formula is C17H21N3O3. The Bertz CT molecular complexity index is 686. The first-order chi connectivity index (χ1) is 10.9. The maximum atomic E-state index is 12.3. The molecule has 3 rings (SSSR count). The average Bonchev–Trinajstić information content (AvgIpc) is 3.14. The van der Waals surface area contributed by atoms with Gasteiger partial charge in [0.05, 0.1) is 11.1 Å². The predicted molar refractivity (Wildman–Crippen MR) is 87.1 cm³/mol. The van der Waals surface area contributed by atoms with Crippen molar-refractivity contribution < 1.29 is 9.72 Å². The zero-order chi connectivity index (χ0) is 16.6. The Kier molecular flexibility index (Phi) is 3.92. The molecule has 23 heavy (non-hydrogen) atoms. The average molecular weight is 315 g/mol. The van der Waals surface area contributed by atoms with Crippen LogP contribution in [0.1, 0.15) is 43.7 Å². The predicted octanol–water partition coefficient (Wildman–Crippen LogP) is 3.18. The molecule has 0 heterocycles. The molecule has 1 aromatic rings. The van der Waals surface area contributed by atoms with Crippen molar-refractivity contribution >= 4 is 17.8 Å². The van der Waals surface area contributed by atoms with Crippen molar-refractivity contribution in [1.29, 1.82) is 0 Å². The molecule has 2 saturated carbocycles. The zero-order valence-corrected chi connectivity index (χ0v) is 13.4. The van der Waals surface area contributed by atoms with E-state index >= 15 is 0 Å². The Morgan fingerprint density at radius 1 is 1.48 bits per heavy atom. The van der Waals surface area contributed by atoms with Gasteiger partial charge < -0.3 is 0 Å². The standard InChI is InChI=1S/C17H21N3O3/c1-11-6-7-12(9-14(11)20(22)23)10-18-19-16(21)15-13-5-3-4-8-17(13,15)2/h6-7,9-10,13,15H,3-5,8H2,1-2H3,(H,19,21). The normalized spacial score (nSPS) is 29.1. The van der Waals surface area contributed by atoms with Crippen molar-refractivity contribution in [2.24, 2.45) is 22.4 Å². The van der Waals surface area contributed by atoms with Crippen molar-refractivity contribution in [3.05, 3.63) is 39.4 Å². The highest BCUT2D eigenvalue weighted by molar-refractivity contribution is 5.86. The summed E-state index contributed by atoms with van der Waals surface area (Å²) in [5.41, 5.74) is 4.01. The second-order valence-electron chi connectivity index (χ2n) is 6.87. The van der Waals surface area contributed by atoms with E-state index in [2.05, 4.69) is 17.5 Å². The number of hydrazone groups is 1. The van der Waals surface area contributed by atoms with Crippen LogP contribution >= 0.6 is 0 Å². The fraction of sp³-hybridized carbons (Fsp3) is 0.529. The molecule has 0 radical (unpaired) electrons. The van der Waals surface area contributed by atoms with Crippen LogP contribution in [0.25, 0.3) is 0 Å². The molecule has 3 unspecified atom stereocenters. The van der Waals surface area contributed by atoms with E-state index in [1.54, 1.807) is 19.1 Å². The van der Waals surface area contributed by atoms with Gasteiger partial charge in [0.1, 0.15) is 0 Å². The second-order valence-corrected chi connectivity index (χ2v) is 6.87. The summed E-state index contributed by atoms with van der Waals surface area (Å²) in [5.74, 6) is 0.527. The van der Waals surface area contributed by atoms with Gasteiger partial charge in [-0.2, -0.15) is 5.10 Å². The number of aryl methyl sites for hydroxylation is 1. The topological polar surface area (TPSA) is 84.6 Å². The second kappa shape index (κ2) is 5.76. The van der Waals surface area contributed by atoms with Gasteiger partial charge in [0, 0.05) is 23.1 Å². The molecule has 2 aliphatic rings. The molecular weight excluding hydrogens is 294 g/mol. The largest absolute Gasteiger partial charge is 0.273 e. The molecule has 1 aromatic carbocycles. The van der Waals surface area contributed by atoms with E-state index in [4.69, 9.17) is 0 Å². The molecule has 122 valence electrons. The SMILES string of the molecule is Cc1ccc(C=NNC(=O)C2C3CCCCC32C)cc1[N+](=O)[O-]. The highest BCUT2D eigenvalue weighted by Gasteiger charge is 2.64. The number of benzene rings is 1. The number of nitrogens with one attached hydrogen (secondary N) is 1. The highest BCUT2D eigenvalue weighted by atomic mass is 16.6. The molecule has 0 aliphatic heterocycles. The molecule has 1 amide bonds. The van der Waals surface area contributed by atoms with Gasteiger partial charge in [0.2, 0.25) is 5.91 Å². The summed E-state index contributed by atoms with van der Waals surface area (Å²) in [4.78, 5) is 22.8. The van der Waals surface area contributed by atoms with E-state index < -0.39 is 4.92 Å². The van der Waals surface area contributed by atoms with Gasteiger partial charge in [-0.25, -0.2) is 5.43 Å². The third-order valence-corrected chi connectivity index (χ3v) is 5.43. The third-order valence-electron chi connectivity index (χ3n) is 5.43. The van der Waals surface area contributed by atoms with Gasteiger partial charge in [-0.1, -0.05) is 31.9 Å². The van der Waals surface area contributed by atoms with Crippen LogP contribution < -0.4 is 5.43 Å². The quantitative estimate of drug-likeness (QED) is 0.526. The Hall–Kier alpha value is -2.24. The van der Waals surface area contributed by atoms with Crippen LogP contribution in [0.5, 0.6) is 0 Å². The summed E-state index contributed by atoms with van der Waals surface area (Å²) in [6.07, 6.45) is 6.11. The molecule has 0 aromatic heterocycles. The van der Waals surface area contributed by atoms with Crippen LogP contribution in [-0.4, -0.2) is 17.0 Å². The van der Waals surface area contributed by atoms with Crippen molar-refractivity contribution in [3.8, 4) is 0 Å². The molecule has 0 bridgehead atoms. The number of hydrogen-bond donors (Lipinski definition) is 1. The lowest BCUT2D eigenvalue weighted by Crippen LogP contribution is -2.22. The number of amides is 1. The number of carbonyl (C=O) groups excluding carboxylic acids is 1. The Balaban J connectivity index is 1.62. The van der Waals surface area contributed by atoms with Gasteiger partial charge in [-0.3, -0.25) is 14.9 Å². The maximum Gasteiger partial charge on any atom is 0.272 e. The summed E-state index contributed by atoms with van der Waals surface area (Å²) >= 11 is 0. The van der Waals surface area contributed by atoms with E-state index in [1.807, 2.05) is 0 Å². The van der Waals surface area contributed by atoms with Crippen LogP contribution in [0.3, 0.4) is 0 Å². The van der Waals surface area contributed by atoms with E-state index in [-0.39, 0.29) is 22.9 Å². The van der Waals surface area contributed by atoms with Gasteiger partial charge >= 0.3 is 0 Å². The minimum absolute atomic E-state index is 0.0303. The van der Waals surface area contributed by atoms with Crippen LogP contribution in [0.15, 0.2) is 23.3 Å². The summed E-state index contributed by atoms with van der Waals surface area (Å²) in [7, 11) is 0. The molecule has 0 saturated heterocycles. The summed E-state index contributed by atoms with van der Waals surface area (Å²) in [5, 5.41) is 14.9. The lowest BCUT2D eigenvalue weighted by Gasteiger charge is -2.15. The van der Waals surface area contributed by atoms with Gasteiger partial charge in [-0.15, -0.1) is 0 Å². The van der Waals surface area contributed by atoms with Crippen LogP contribution in [-0.2, 0) is 4.79 Å². The van der Waals surface area contributed by atoms with Crippen molar-refractivity contribution in [3.63, 3.8) is 0 Å². The number of nitro groups is 1.